The third-order valence-electron chi connectivity index (χ3n) is 4.67. The highest BCUT2D eigenvalue weighted by atomic mass is 32.2. The first-order valence-electron chi connectivity index (χ1n) is 8.56. The molecule has 0 aliphatic heterocycles. The van der Waals surface area contributed by atoms with Crippen molar-refractivity contribution in [2.24, 2.45) is 0 Å². The first kappa shape index (κ1) is 15.7. The highest BCUT2D eigenvalue weighted by molar-refractivity contribution is 7.99. The highest BCUT2D eigenvalue weighted by Crippen LogP contribution is 2.45. The second-order valence-electron chi connectivity index (χ2n) is 6.85. The Hall–Kier alpha value is -1.82. The number of anilines is 1. The van der Waals surface area contributed by atoms with Gasteiger partial charge in [-0.3, -0.25) is 4.79 Å². The smallest absolute Gasteiger partial charge is 0.234 e. The minimum absolute atomic E-state index is 0.00146. The summed E-state index contributed by atoms with van der Waals surface area (Å²) in [5.74, 6) is 2.09. The molecule has 2 saturated carbocycles. The van der Waals surface area contributed by atoms with Gasteiger partial charge in [0.1, 0.15) is 5.82 Å². The number of hydrogen-bond donors (Lipinski definition) is 1. The maximum absolute atomic E-state index is 12.2. The molecule has 5 nitrogen and oxygen atoms in total. The van der Waals surface area contributed by atoms with E-state index in [1.54, 1.807) is 0 Å². The van der Waals surface area contributed by atoms with Crippen LogP contribution in [0.2, 0.25) is 0 Å². The number of nitrogens with one attached hydrogen (secondary N) is 1. The lowest BCUT2D eigenvalue weighted by atomic mass is 10.1. The molecule has 6 heteroatoms. The molecule has 4 rings (SSSR count). The largest absolute Gasteiger partial charge is 0.325 e. The standard InChI is InChI=1S/C18H22N4OS/c1-11-3-6-14(9-12(11)2)19-16(23)10-24-18-21-20-17(13-4-5-13)22(18)15-7-8-15/h3,6,9,13,15H,4-5,7-8,10H2,1-2H3,(H,19,23). The van der Waals surface area contributed by atoms with Crippen molar-refractivity contribution in [3.8, 4) is 0 Å². The topological polar surface area (TPSA) is 59.8 Å². The maximum atomic E-state index is 12.2. The number of aryl methyl sites for hydroxylation is 2. The van der Waals surface area contributed by atoms with Crippen molar-refractivity contribution in [2.45, 2.75) is 56.6 Å². The van der Waals surface area contributed by atoms with Gasteiger partial charge in [0.2, 0.25) is 5.91 Å². The highest BCUT2D eigenvalue weighted by Gasteiger charge is 2.36. The van der Waals surface area contributed by atoms with E-state index in [0.29, 0.717) is 17.7 Å². The number of nitrogens with zero attached hydrogens (tertiary/aromatic N) is 3. The van der Waals surface area contributed by atoms with E-state index in [2.05, 4.69) is 33.9 Å². The molecule has 24 heavy (non-hydrogen) atoms. The molecule has 1 aromatic carbocycles. The molecule has 126 valence electrons. The number of carbonyl (C=O) groups is 1. The molecule has 2 aliphatic rings. The Morgan fingerprint density at radius 1 is 1.21 bits per heavy atom. The molecule has 0 unspecified atom stereocenters. The summed E-state index contributed by atoms with van der Waals surface area (Å²) in [5.41, 5.74) is 3.27. The second-order valence-corrected chi connectivity index (χ2v) is 7.79. The average Bonchev–Trinajstić information content (AvgIpc) is 3.48. The summed E-state index contributed by atoms with van der Waals surface area (Å²) < 4.78 is 2.28. The molecule has 0 bridgehead atoms. The van der Waals surface area contributed by atoms with Crippen molar-refractivity contribution in [1.82, 2.24) is 14.8 Å². The minimum Gasteiger partial charge on any atom is -0.325 e. The summed E-state index contributed by atoms with van der Waals surface area (Å²) in [4.78, 5) is 12.2. The monoisotopic (exact) mass is 342 g/mol. The Bertz CT molecular complexity index is 777. The third kappa shape index (κ3) is 3.34. The number of aromatic nitrogens is 3. The van der Waals surface area contributed by atoms with Crippen molar-refractivity contribution in [1.29, 1.82) is 0 Å². The number of carbonyl (C=O) groups excluding carboxylic acids is 1. The molecule has 2 aliphatic carbocycles. The molecule has 0 spiro atoms. The second kappa shape index (κ2) is 6.24. The van der Waals surface area contributed by atoms with Gasteiger partial charge in [-0.15, -0.1) is 10.2 Å². The van der Waals surface area contributed by atoms with E-state index in [1.165, 1.54) is 48.6 Å². The summed E-state index contributed by atoms with van der Waals surface area (Å²) in [6.45, 7) is 4.12. The van der Waals surface area contributed by atoms with Crippen molar-refractivity contribution >= 4 is 23.4 Å². The van der Waals surface area contributed by atoms with Crippen molar-refractivity contribution in [2.75, 3.05) is 11.1 Å². The molecule has 1 aromatic heterocycles. The number of thioether (sulfide) groups is 1. The van der Waals surface area contributed by atoms with Gasteiger partial charge in [0, 0.05) is 17.6 Å². The lowest BCUT2D eigenvalue weighted by Crippen LogP contribution is -2.15. The Morgan fingerprint density at radius 3 is 2.67 bits per heavy atom. The van der Waals surface area contributed by atoms with E-state index < -0.39 is 0 Å². The summed E-state index contributed by atoms with van der Waals surface area (Å²) in [7, 11) is 0. The molecular weight excluding hydrogens is 320 g/mol. The van der Waals surface area contributed by atoms with Gasteiger partial charge in [0.25, 0.3) is 0 Å². The van der Waals surface area contributed by atoms with Crippen LogP contribution >= 0.6 is 11.8 Å². The molecule has 1 heterocycles. The van der Waals surface area contributed by atoms with Crippen LogP contribution in [0.25, 0.3) is 0 Å². The lowest BCUT2D eigenvalue weighted by Gasteiger charge is -2.09. The van der Waals surface area contributed by atoms with Crippen molar-refractivity contribution in [3.05, 3.63) is 35.2 Å². The fourth-order valence-electron chi connectivity index (χ4n) is 2.83. The van der Waals surface area contributed by atoms with E-state index in [4.69, 9.17) is 0 Å². The van der Waals surface area contributed by atoms with Crippen LogP contribution in [0.4, 0.5) is 5.69 Å². The van der Waals surface area contributed by atoms with Gasteiger partial charge in [-0.1, -0.05) is 17.8 Å². The molecule has 0 saturated heterocycles. The fourth-order valence-corrected chi connectivity index (χ4v) is 3.64. The van der Waals surface area contributed by atoms with Crippen LogP contribution in [-0.2, 0) is 4.79 Å². The van der Waals surface area contributed by atoms with Gasteiger partial charge in [0.05, 0.1) is 5.75 Å². The molecular formula is C18H22N4OS. The first-order chi connectivity index (χ1) is 11.6. The Labute approximate surface area is 146 Å². The fraction of sp³-hybridized carbons (Fsp3) is 0.500. The van der Waals surface area contributed by atoms with Crippen LogP contribution in [0.1, 0.15) is 54.6 Å². The van der Waals surface area contributed by atoms with Crippen molar-refractivity contribution < 1.29 is 4.79 Å². The van der Waals surface area contributed by atoms with Gasteiger partial charge in [-0.05, 0) is 62.8 Å². The first-order valence-corrected chi connectivity index (χ1v) is 9.55. The predicted molar refractivity (Wildman–Crippen MR) is 95.5 cm³/mol. The van der Waals surface area contributed by atoms with Gasteiger partial charge in [-0.2, -0.15) is 0 Å². The number of benzene rings is 1. The van der Waals surface area contributed by atoms with Gasteiger partial charge in [0.15, 0.2) is 5.16 Å². The lowest BCUT2D eigenvalue weighted by molar-refractivity contribution is -0.113. The number of amides is 1. The molecule has 0 atom stereocenters. The van der Waals surface area contributed by atoms with Crippen LogP contribution in [0.3, 0.4) is 0 Å². The van der Waals surface area contributed by atoms with E-state index in [1.807, 2.05) is 18.2 Å². The summed E-state index contributed by atoms with van der Waals surface area (Å²) in [5, 5.41) is 12.6. The molecule has 1 N–H and O–H groups in total. The van der Waals surface area contributed by atoms with E-state index in [9.17, 15) is 4.79 Å². The maximum Gasteiger partial charge on any atom is 0.234 e. The molecule has 1 amide bonds. The normalized spacial score (nSPS) is 17.1. The zero-order valence-corrected chi connectivity index (χ0v) is 14.9. The quantitative estimate of drug-likeness (QED) is 0.810. The van der Waals surface area contributed by atoms with Crippen LogP contribution in [0, 0.1) is 13.8 Å². The zero-order chi connectivity index (χ0) is 16.7. The van der Waals surface area contributed by atoms with Crippen LogP contribution < -0.4 is 5.32 Å². The number of hydrogen-bond acceptors (Lipinski definition) is 4. The van der Waals surface area contributed by atoms with Gasteiger partial charge in [-0.25, -0.2) is 0 Å². The summed E-state index contributed by atoms with van der Waals surface area (Å²) >= 11 is 1.49. The molecule has 2 aromatic rings. The Kier molecular flexibility index (Phi) is 4.08. The van der Waals surface area contributed by atoms with E-state index >= 15 is 0 Å². The zero-order valence-electron chi connectivity index (χ0n) is 14.1. The SMILES string of the molecule is Cc1ccc(NC(=O)CSc2nnc(C3CC3)n2C2CC2)cc1C. The van der Waals surface area contributed by atoms with E-state index in [0.717, 1.165) is 16.7 Å². The summed E-state index contributed by atoms with van der Waals surface area (Å²) in [6, 6.07) is 6.54. The van der Waals surface area contributed by atoms with Gasteiger partial charge < -0.3 is 9.88 Å². The third-order valence-corrected chi connectivity index (χ3v) is 5.61. The Morgan fingerprint density at radius 2 is 2.00 bits per heavy atom. The van der Waals surface area contributed by atoms with Crippen molar-refractivity contribution in [3.63, 3.8) is 0 Å². The summed E-state index contributed by atoms with van der Waals surface area (Å²) in [6.07, 6.45) is 4.87. The molecule has 2 fully saturated rings. The van der Waals surface area contributed by atoms with E-state index in [-0.39, 0.29) is 5.91 Å². The number of rotatable bonds is 6. The molecule has 0 radical (unpaired) electrons. The van der Waals surface area contributed by atoms with Crippen LogP contribution in [0.5, 0.6) is 0 Å². The van der Waals surface area contributed by atoms with Crippen LogP contribution in [0.15, 0.2) is 23.4 Å². The Balaban J connectivity index is 1.39. The predicted octanol–water partition coefficient (Wildman–Crippen LogP) is 3.84. The average molecular weight is 342 g/mol. The van der Waals surface area contributed by atoms with Crippen LogP contribution in [-0.4, -0.2) is 26.4 Å². The minimum atomic E-state index is 0.00146. The van der Waals surface area contributed by atoms with Gasteiger partial charge >= 0.3 is 0 Å².